The van der Waals surface area contributed by atoms with Crippen LogP contribution >= 0.6 is 0 Å². The number of nitrogens with one attached hydrogen (secondary N) is 2. The predicted molar refractivity (Wildman–Crippen MR) is 79.7 cm³/mol. The summed E-state index contributed by atoms with van der Waals surface area (Å²) < 4.78 is 36.7. The molecule has 6 heteroatoms. The Bertz CT molecular complexity index is 496. The van der Waals surface area contributed by atoms with E-state index in [-0.39, 0.29) is 12.3 Å². The van der Waals surface area contributed by atoms with Crippen LogP contribution in [-0.4, -0.2) is 25.2 Å². The zero-order valence-corrected chi connectivity index (χ0v) is 12.4. The van der Waals surface area contributed by atoms with Gasteiger partial charge in [-0.15, -0.1) is 0 Å². The van der Waals surface area contributed by atoms with E-state index in [4.69, 9.17) is 0 Å². The van der Waals surface area contributed by atoms with E-state index in [1.165, 1.54) is 0 Å². The molecule has 1 aliphatic heterocycles. The first-order chi connectivity index (χ1) is 10.4. The number of carbonyl (C=O) groups is 1. The van der Waals surface area contributed by atoms with Crippen molar-refractivity contribution in [3.8, 4) is 0 Å². The molecular weight excluding hydrogens is 293 g/mol. The van der Waals surface area contributed by atoms with Crippen LogP contribution in [0.25, 0.3) is 0 Å². The molecule has 1 aromatic rings. The Hall–Kier alpha value is -1.56. The smallest absolute Gasteiger partial charge is 0.326 e. The van der Waals surface area contributed by atoms with Gasteiger partial charge in [-0.3, -0.25) is 4.79 Å². The normalized spacial score (nSPS) is 18.4. The summed E-state index contributed by atoms with van der Waals surface area (Å²) in [7, 11) is 0. The van der Waals surface area contributed by atoms with Gasteiger partial charge in [-0.2, -0.15) is 13.2 Å². The lowest BCUT2D eigenvalue weighted by Crippen LogP contribution is -2.15. The number of anilines is 1. The second-order valence-corrected chi connectivity index (χ2v) is 5.76. The number of amides is 1. The van der Waals surface area contributed by atoms with Crippen molar-refractivity contribution in [2.75, 3.05) is 18.4 Å². The molecule has 122 valence electrons. The fraction of sp³-hybridized carbons (Fsp3) is 0.562. The molecule has 1 heterocycles. The molecule has 1 saturated heterocycles. The topological polar surface area (TPSA) is 41.1 Å². The van der Waals surface area contributed by atoms with Crippen molar-refractivity contribution in [1.82, 2.24) is 5.32 Å². The Morgan fingerprint density at radius 3 is 2.86 bits per heavy atom. The van der Waals surface area contributed by atoms with Gasteiger partial charge in [0.1, 0.15) is 0 Å². The number of alkyl halides is 3. The number of halogens is 3. The van der Waals surface area contributed by atoms with Crippen LogP contribution < -0.4 is 10.6 Å². The molecule has 22 heavy (non-hydrogen) atoms. The van der Waals surface area contributed by atoms with E-state index in [1.807, 2.05) is 0 Å². The molecule has 0 aliphatic carbocycles. The molecule has 1 aliphatic rings. The number of hydrogen-bond donors (Lipinski definition) is 2. The second-order valence-electron chi connectivity index (χ2n) is 5.76. The average molecular weight is 314 g/mol. The molecule has 1 atom stereocenters. The number of hydrogen-bond acceptors (Lipinski definition) is 2. The first-order valence-corrected chi connectivity index (χ1v) is 7.58. The molecule has 0 aromatic heterocycles. The summed E-state index contributed by atoms with van der Waals surface area (Å²) >= 11 is 0. The SMILES string of the molecule is O=C(CCC1CCNC1)Nc1cccc(CCC(F)(F)F)c1. The second kappa shape index (κ2) is 7.63. The molecule has 1 unspecified atom stereocenters. The lowest BCUT2D eigenvalue weighted by molar-refractivity contribution is -0.134. The average Bonchev–Trinajstić information content (AvgIpc) is 2.96. The maximum Gasteiger partial charge on any atom is 0.389 e. The summed E-state index contributed by atoms with van der Waals surface area (Å²) in [5.74, 6) is 0.462. The van der Waals surface area contributed by atoms with Crippen molar-refractivity contribution in [2.45, 2.75) is 38.3 Å². The fourth-order valence-electron chi connectivity index (χ4n) is 2.61. The Labute approximate surface area is 128 Å². The van der Waals surface area contributed by atoms with Gasteiger partial charge in [0.25, 0.3) is 0 Å². The highest BCUT2D eigenvalue weighted by Gasteiger charge is 2.26. The van der Waals surface area contributed by atoms with Gasteiger partial charge >= 0.3 is 6.18 Å². The fourth-order valence-corrected chi connectivity index (χ4v) is 2.61. The van der Waals surface area contributed by atoms with Crippen molar-refractivity contribution in [2.24, 2.45) is 5.92 Å². The highest BCUT2D eigenvalue weighted by molar-refractivity contribution is 5.90. The molecule has 2 N–H and O–H groups in total. The standard InChI is InChI=1S/C16H21F3N2O/c17-16(18,19)8-6-12-2-1-3-14(10-12)21-15(22)5-4-13-7-9-20-11-13/h1-3,10,13,20H,4-9,11H2,(H,21,22). The number of rotatable bonds is 6. The van der Waals surface area contributed by atoms with Gasteiger partial charge in [0.05, 0.1) is 0 Å². The van der Waals surface area contributed by atoms with Gasteiger partial charge in [-0.05, 0) is 56.0 Å². The van der Waals surface area contributed by atoms with Crippen LogP contribution in [0.4, 0.5) is 18.9 Å². The minimum Gasteiger partial charge on any atom is -0.326 e. The van der Waals surface area contributed by atoms with Crippen molar-refractivity contribution in [3.63, 3.8) is 0 Å². The zero-order valence-electron chi connectivity index (χ0n) is 12.4. The van der Waals surface area contributed by atoms with E-state index in [0.29, 0.717) is 23.6 Å². The highest BCUT2D eigenvalue weighted by atomic mass is 19.4. The highest BCUT2D eigenvalue weighted by Crippen LogP contribution is 2.23. The Morgan fingerprint density at radius 2 is 2.18 bits per heavy atom. The minimum atomic E-state index is -4.16. The summed E-state index contributed by atoms with van der Waals surface area (Å²) in [4.78, 5) is 11.9. The first-order valence-electron chi connectivity index (χ1n) is 7.58. The van der Waals surface area contributed by atoms with E-state index < -0.39 is 12.6 Å². The Morgan fingerprint density at radius 1 is 1.36 bits per heavy atom. The van der Waals surface area contributed by atoms with E-state index in [9.17, 15) is 18.0 Å². The van der Waals surface area contributed by atoms with Crippen molar-refractivity contribution in [3.05, 3.63) is 29.8 Å². The molecule has 0 spiro atoms. The van der Waals surface area contributed by atoms with Crippen molar-refractivity contribution >= 4 is 11.6 Å². The number of benzene rings is 1. The molecule has 0 saturated carbocycles. The molecule has 2 rings (SSSR count). The Balaban J connectivity index is 1.80. The quantitative estimate of drug-likeness (QED) is 0.843. The summed E-state index contributed by atoms with van der Waals surface area (Å²) in [6.45, 7) is 1.97. The van der Waals surface area contributed by atoms with Gasteiger partial charge in [-0.1, -0.05) is 12.1 Å². The maximum absolute atomic E-state index is 12.2. The van der Waals surface area contributed by atoms with Crippen LogP contribution in [0.15, 0.2) is 24.3 Å². The molecule has 1 fully saturated rings. The van der Waals surface area contributed by atoms with Crippen LogP contribution in [0.1, 0.15) is 31.2 Å². The van der Waals surface area contributed by atoms with Gasteiger partial charge in [0.2, 0.25) is 5.91 Å². The van der Waals surface area contributed by atoms with Crippen LogP contribution in [0.2, 0.25) is 0 Å². The lowest BCUT2D eigenvalue weighted by atomic mass is 10.0. The van der Waals surface area contributed by atoms with Gasteiger partial charge in [0.15, 0.2) is 0 Å². The van der Waals surface area contributed by atoms with Gasteiger partial charge in [0, 0.05) is 18.5 Å². The van der Waals surface area contributed by atoms with Gasteiger partial charge < -0.3 is 10.6 Å². The number of aryl methyl sites for hydroxylation is 1. The third-order valence-corrected chi connectivity index (χ3v) is 3.85. The van der Waals surface area contributed by atoms with E-state index in [0.717, 1.165) is 25.9 Å². The third-order valence-electron chi connectivity index (χ3n) is 3.85. The monoisotopic (exact) mass is 314 g/mol. The molecule has 1 amide bonds. The van der Waals surface area contributed by atoms with Crippen molar-refractivity contribution in [1.29, 1.82) is 0 Å². The lowest BCUT2D eigenvalue weighted by Gasteiger charge is -2.10. The summed E-state index contributed by atoms with van der Waals surface area (Å²) in [6, 6.07) is 6.63. The first kappa shape index (κ1) is 16.8. The van der Waals surface area contributed by atoms with Crippen molar-refractivity contribution < 1.29 is 18.0 Å². The predicted octanol–water partition coefficient (Wildman–Crippen LogP) is 3.51. The van der Waals surface area contributed by atoms with E-state index in [2.05, 4.69) is 10.6 Å². The van der Waals surface area contributed by atoms with E-state index in [1.54, 1.807) is 24.3 Å². The largest absolute Gasteiger partial charge is 0.389 e. The van der Waals surface area contributed by atoms with Crippen LogP contribution in [0, 0.1) is 5.92 Å². The molecule has 0 radical (unpaired) electrons. The zero-order chi connectivity index (χ0) is 16.0. The Kier molecular flexibility index (Phi) is 5.83. The van der Waals surface area contributed by atoms with Crippen LogP contribution in [0.5, 0.6) is 0 Å². The third kappa shape index (κ3) is 6.05. The van der Waals surface area contributed by atoms with Gasteiger partial charge in [-0.25, -0.2) is 0 Å². The summed E-state index contributed by atoms with van der Waals surface area (Å²) in [6.07, 6.45) is -2.69. The van der Waals surface area contributed by atoms with Crippen LogP contribution in [0.3, 0.4) is 0 Å². The molecule has 0 bridgehead atoms. The molecule has 1 aromatic carbocycles. The maximum atomic E-state index is 12.2. The van der Waals surface area contributed by atoms with Crippen LogP contribution in [-0.2, 0) is 11.2 Å². The van der Waals surface area contributed by atoms with E-state index >= 15 is 0 Å². The minimum absolute atomic E-state index is 0.0685. The summed E-state index contributed by atoms with van der Waals surface area (Å²) in [5.41, 5.74) is 1.14. The molecular formula is C16H21F3N2O. The summed E-state index contributed by atoms with van der Waals surface area (Å²) in [5, 5.41) is 6.02. The number of carbonyl (C=O) groups excluding carboxylic acids is 1. The molecule has 3 nitrogen and oxygen atoms in total.